The molecule has 8 heteroatoms. The highest BCUT2D eigenvalue weighted by molar-refractivity contribution is 6.06. The number of para-hydroxylation sites is 1. The summed E-state index contributed by atoms with van der Waals surface area (Å²) in [5.41, 5.74) is 8.12. The monoisotopic (exact) mass is 525 g/mol. The SMILES string of the molecule is [B]Cn1cnc(Cn2ccc3ccc(CCCc4[nH]c5ccccc5c4C4NC(=O)c5ccc(O)cc54)cc32)c1. The minimum absolute atomic E-state index is 0.109. The molecule has 0 bridgehead atoms. The molecular formula is C32H28BN5O2. The maximum absolute atomic E-state index is 12.8. The lowest BCUT2D eigenvalue weighted by Crippen LogP contribution is -2.20. The molecule has 7 rings (SSSR count). The number of carbonyl (C=O) groups excluding carboxylic acids is 1. The Labute approximate surface area is 232 Å². The van der Waals surface area contributed by atoms with E-state index in [0.717, 1.165) is 52.7 Å². The summed E-state index contributed by atoms with van der Waals surface area (Å²) in [6.07, 6.45) is 8.98. The van der Waals surface area contributed by atoms with Gasteiger partial charge in [0.1, 0.15) is 5.75 Å². The van der Waals surface area contributed by atoms with E-state index >= 15 is 0 Å². The van der Waals surface area contributed by atoms with Crippen molar-refractivity contribution < 1.29 is 9.90 Å². The molecular weight excluding hydrogens is 497 g/mol. The summed E-state index contributed by atoms with van der Waals surface area (Å²) < 4.78 is 4.11. The Hall–Kier alpha value is -4.72. The number of carbonyl (C=O) groups is 1. The molecule has 1 amide bonds. The molecule has 1 aliphatic heterocycles. The number of hydrogen-bond acceptors (Lipinski definition) is 3. The normalized spacial score (nSPS) is 14.7. The minimum atomic E-state index is -0.303. The van der Waals surface area contributed by atoms with Crippen LogP contribution in [0.15, 0.2) is 85.5 Å². The van der Waals surface area contributed by atoms with E-state index in [4.69, 9.17) is 7.85 Å². The average molecular weight is 525 g/mol. The van der Waals surface area contributed by atoms with Crippen LogP contribution in [0, 0.1) is 0 Å². The molecule has 0 saturated heterocycles. The van der Waals surface area contributed by atoms with Crippen LogP contribution in [0.5, 0.6) is 5.75 Å². The van der Waals surface area contributed by atoms with Crippen molar-refractivity contribution in [2.24, 2.45) is 0 Å². The Bertz CT molecular complexity index is 1880. The summed E-state index contributed by atoms with van der Waals surface area (Å²) in [4.78, 5) is 20.9. The number of imidazole rings is 1. The second-order valence-electron chi connectivity index (χ2n) is 10.5. The summed E-state index contributed by atoms with van der Waals surface area (Å²) in [7, 11) is 5.72. The summed E-state index contributed by atoms with van der Waals surface area (Å²) in [6, 6.07) is 21.7. The van der Waals surface area contributed by atoms with E-state index in [9.17, 15) is 9.90 Å². The van der Waals surface area contributed by atoms with Gasteiger partial charge in [-0.1, -0.05) is 30.3 Å². The Balaban J connectivity index is 1.14. The topological polar surface area (TPSA) is 87.9 Å². The molecule has 0 aliphatic carbocycles. The number of nitrogens with one attached hydrogen (secondary N) is 2. The molecule has 3 N–H and O–H groups in total. The van der Waals surface area contributed by atoms with Gasteiger partial charge in [0.2, 0.25) is 0 Å². The molecule has 1 unspecified atom stereocenters. The van der Waals surface area contributed by atoms with E-state index in [1.807, 2.05) is 22.9 Å². The van der Waals surface area contributed by atoms with Gasteiger partial charge < -0.3 is 24.5 Å². The molecule has 7 nitrogen and oxygen atoms in total. The fourth-order valence-corrected chi connectivity index (χ4v) is 6.01. The van der Waals surface area contributed by atoms with Crippen molar-refractivity contribution in [2.75, 3.05) is 0 Å². The number of rotatable bonds is 8. The molecule has 4 heterocycles. The van der Waals surface area contributed by atoms with Crippen LogP contribution in [-0.4, -0.2) is 38.0 Å². The van der Waals surface area contributed by atoms with Crippen molar-refractivity contribution >= 4 is 35.6 Å². The number of aromatic amines is 1. The number of aromatic nitrogens is 4. The molecule has 0 fully saturated rings. The Morgan fingerprint density at radius 3 is 2.80 bits per heavy atom. The van der Waals surface area contributed by atoms with E-state index in [-0.39, 0.29) is 17.7 Å². The lowest BCUT2D eigenvalue weighted by Gasteiger charge is -2.15. The van der Waals surface area contributed by atoms with Crippen LogP contribution in [0.1, 0.15) is 50.9 Å². The van der Waals surface area contributed by atoms with Crippen molar-refractivity contribution in [1.29, 1.82) is 0 Å². The third kappa shape index (κ3) is 4.26. The first-order valence-electron chi connectivity index (χ1n) is 13.6. The fraction of sp³-hybridized carbons (Fsp3) is 0.188. The molecule has 0 saturated carbocycles. The minimum Gasteiger partial charge on any atom is -0.508 e. The summed E-state index contributed by atoms with van der Waals surface area (Å²) in [6.45, 7) is 0.697. The van der Waals surface area contributed by atoms with Gasteiger partial charge in [-0.2, -0.15) is 0 Å². The van der Waals surface area contributed by atoms with Gasteiger partial charge in [-0.3, -0.25) is 4.79 Å². The number of phenols is 1. The van der Waals surface area contributed by atoms with Crippen molar-refractivity contribution in [3.05, 3.63) is 119 Å². The lowest BCUT2D eigenvalue weighted by atomic mass is 9.94. The number of fused-ring (bicyclic) bond motifs is 3. The number of aryl methyl sites for hydroxylation is 2. The quantitative estimate of drug-likeness (QED) is 0.239. The van der Waals surface area contributed by atoms with Crippen molar-refractivity contribution in [2.45, 2.75) is 38.3 Å². The largest absolute Gasteiger partial charge is 0.508 e. The van der Waals surface area contributed by atoms with Crippen LogP contribution in [0.25, 0.3) is 21.8 Å². The summed E-state index contributed by atoms with van der Waals surface area (Å²) in [5.74, 6) is 0.0526. The number of hydrogen-bond donors (Lipinski definition) is 3. The standard InChI is InChI=1S/C32H28BN5O2/c33-18-37-16-22(34-19-37)17-38-13-12-21-9-8-20(14-29(21)38)4-3-7-28-30(25-5-1-2-6-27(25)35-28)31-26-15-23(39)10-11-24(26)32(40)36-31/h1-2,5-6,8-16,19,31,35,39H,3-4,7,17-18H2,(H,36,40). The fourth-order valence-electron chi connectivity index (χ4n) is 6.01. The third-order valence-electron chi connectivity index (χ3n) is 7.94. The van der Waals surface area contributed by atoms with Gasteiger partial charge in [0.15, 0.2) is 0 Å². The summed E-state index contributed by atoms with van der Waals surface area (Å²) in [5, 5.41) is 15.6. The average Bonchev–Trinajstić information content (AvgIpc) is 3.74. The first-order chi connectivity index (χ1) is 19.6. The van der Waals surface area contributed by atoms with Crippen LogP contribution < -0.4 is 5.32 Å². The van der Waals surface area contributed by atoms with Crippen molar-refractivity contribution in [1.82, 2.24) is 24.4 Å². The first-order valence-corrected chi connectivity index (χ1v) is 13.6. The number of benzene rings is 3. The van der Waals surface area contributed by atoms with E-state index in [2.05, 4.69) is 62.4 Å². The molecule has 1 atom stereocenters. The highest BCUT2D eigenvalue weighted by Crippen LogP contribution is 2.39. The molecule has 40 heavy (non-hydrogen) atoms. The van der Waals surface area contributed by atoms with E-state index in [1.54, 1.807) is 24.5 Å². The summed E-state index contributed by atoms with van der Waals surface area (Å²) >= 11 is 0. The smallest absolute Gasteiger partial charge is 0.252 e. The second kappa shape index (κ2) is 9.79. The second-order valence-corrected chi connectivity index (χ2v) is 10.5. The molecule has 3 aromatic heterocycles. The highest BCUT2D eigenvalue weighted by Gasteiger charge is 2.33. The Morgan fingerprint density at radius 2 is 1.93 bits per heavy atom. The molecule has 1 aliphatic rings. The molecule has 3 aromatic carbocycles. The zero-order chi connectivity index (χ0) is 27.2. The predicted molar refractivity (Wildman–Crippen MR) is 157 cm³/mol. The van der Waals surface area contributed by atoms with E-state index in [1.165, 1.54) is 16.5 Å². The molecule has 196 valence electrons. The van der Waals surface area contributed by atoms with Gasteiger partial charge in [0.25, 0.3) is 5.91 Å². The van der Waals surface area contributed by atoms with Crippen LogP contribution in [0.3, 0.4) is 0 Å². The van der Waals surface area contributed by atoms with Crippen molar-refractivity contribution in [3.8, 4) is 5.75 Å². The van der Waals surface area contributed by atoms with Crippen molar-refractivity contribution in [3.63, 3.8) is 0 Å². The Morgan fingerprint density at radius 1 is 1.02 bits per heavy atom. The van der Waals surface area contributed by atoms with E-state index in [0.29, 0.717) is 18.6 Å². The highest BCUT2D eigenvalue weighted by atomic mass is 16.3. The van der Waals surface area contributed by atoms with Gasteiger partial charge in [-0.05, 0) is 78.6 Å². The van der Waals surface area contributed by atoms with Gasteiger partial charge in [-0.15, -0.1) is 0 Å². The maximum atomic E-state index is 12.8. The predicted octanol–water partition coefficient (Wildman–Crippen LogP) is 5.21. The van der Waals surface area contributed by atoms with Crippen LogP contribution >= 0.6 is 0 Å². The molecule has 0 spiro atoms. The van der Waals surface area contributed by atoms with Gasteiger partial charge in [0, 0.05) is 45.6 Å². The zero-order valence-corrected chi connectivity index (χ0v) is 22.0. The first kappa shape index (κ1) is 24.3. The van der Waals surface area contributed by atoms with Gasteiger partial charge >= 0.3 is 0 Å². The molecule has 6 aromatic rings. The lowest BCUT2D eigenvalue weighted by molar-refractivity contribution is 0.0960. The van der Waals surface area contributed by atoms with Gasteiger partial charge in [0.05, 0.1) is 32.5 Å². The zero-order valence-electron chi connectivity index (χ0n) is 22.0. The van der Waals surface area contributed by atoms with Crippen LogP contribution in [0.4, 0.5) is 0 Å². The Kier molecular flexibility index (Phi) is 5.96. The number of amides is 1. The van der Waals surface area contributed by atoms with Crippen LogP contribution in [-0.2, 0) is 25.8 Å². The maximum Gasteiger partial charge on any atom is 0.252 e. The third-order valence-corrected chi connectivity index (χ3v) is 7.94. The number of H-pyrrole nitrogens is 1. The van der Waals surface area contributed by atoms with Gasteiger partial charge in [-0.25, -0.2) is 4.98 Å². The molecule has 2 radical (unpaired) electrons. The van der Waals surface area contributed by atoms with Crippen LogP contribution in [0.2, 0.25) is 0 Å². The van der Waals surface area contributed by atoms with E-state index < -0.39 is 0 Å². The number of aromatic hydroxyl groups is 1. The number of nitrogens with zero attached hydrogens (tertiary/aromatic N) is 3. The number of phenolic OH excluding ortho intramolecular Hbond substituents is 1.